The van der Waals surface area contributed by atoms with E-state index in [1.54, 1.807) is 23.6 Å². The summed E-state index contributed by atoms with van der Waals surface area (Å²) in [7, 11) is 0. The summed E-state index contributed by atoms with van der Waals surface area (Å²) >= 11 is 1.58. The van der Waals surface area contributed by atoms with Crippen molar-refractivity contribution in [2.75, 3.05) is 6.61 Å². The van der Waals surface area contributed by atoms with Crippen molar-refractivity contribution in [1.29, 1.82) is 0 Å². The molecule has 0 fully saturated rings. The lowest BCUT2D eigenvalue weighted by Gasteiger charge is -2.02. The van der Waals surface area contributed by atoms with E-state index in [1.165, 1.54) is 0 Å². The second-order valence-electron chi connectivity index (χ2n) is 4.85. The van der Waals surface area contributed by atoms with E-state index in [-0.39, 0.29) is 5.91 Å². The number of nitrogens with one attached hydrogen (secondary N) is 2. The van der Waals surface area contributed by atoms with E-state index in [2.05, 4.69) is 20.7 Å². The molecule has 0 saturated carbocycles. The maximum absolute atomic E-state index is 12.0. The van der Waals surface area contributed by atoms with Gasteiger partial charge in [0.15, 0.2) is 5.69 Å². The molecule has 0 aliphatic carbocycles. The first kappa shape index (κ1) is 15.9. The van der Waals surface area contributed by atoms with E-state index >= 15 is 0 Å². The molecule has 0 atom stereocenters. The monoisotopic (exact) mass is 340 g/mol. The summed E-state index contributed by atoms with van der Waals surface area (Å²) in [6.07, 6.45) is 1.57. The molecule has 0 aliphatic rings. The minimum absolute atomic E-state index is 0.294. The fraction of sp³-hybridized carbons (Fsp3) is 0.118. The number of hydrogen-bond acceptors (Lipinski definition) is 5. The van der Waals surface area contributed by atoms with Gasteiger partial charge in [-0.1, -0.05) is 6.07 Å². The topological polar surface area (TPSA) is 79.4 Å². The SMILES string of the molecule is CCOc1ccc(C=NNC(=O)c2cc(-c3cccs3)[nH]n2)cc1. The molecule has 2 N–H and O–H groups in total. The molecule has 1 amide bonds. The van der Waals surface area contributed by atoms with Gasteiger partial charge in [0.25, 0.3) is 5.91 Å². The number of aromatic amines is 1. The average Bonchev–Trinajstić information content (AvgIpc) is 3.28. The molecule has 6 nitrogen and oxygen atoms in total. The minimum atomic E-state index is -0.365. The fourth-order valence-corrected chi connectivity index (χ4v) is 2.73. The summed E-state index contributed by atoms with van der Waals surface area (Å²) < 4.78 is 5.37. The quantitative estimate of drug-likeness (QED) is 0.534. The Labute approximate surface area is 143 Å². The Morgan fingerprint density at radius 1 is 1.38 bits per heavy atom. The van der Waals surface area contributed by atoms with Crippen LogP contribution in [0.15, 0.2) is 52.9 Å². The molecule has 0 unspecified atom stereocenters. The van der Waals surface area contributed by atoms with Crippen LogP contribution >= 0.6 is 11.3 Å². The second-order valence-corrected chi connectivity index (χ2v) is 5.79. The van der Waals surface area contributed by atoms with Crippen molar-refractivity contribution in [3.05, 3.63) is 59.1 Å². The van der Waals surface area contributed by atoms with Crippen molar-refractivity contribution < 1.29 is 9.53 Å². The molecule has 122 valence electrons. The smallest absolute Gasteiger partial charge is 0.291 e. The molecule has 24 heavy (non-hydrogen) atoms. The molecule has 0 aliphatic heterocycles. The van der Waals surface area contributed by atoms with Crippen molar-refractivity contribution in [1.82, 2.24) is 15.6 Å². The first-order valence-electron chi connectivity index (χ1n) is 7.42. The number of nitrogens with zero attached hydrogens (tertiary/aromatic N) is 2. The van der Waals surface area contributed by atoms with Gasteiger partial charge in [0.05, 0.1) is 23.4 Å². The van der Waals surface area contributed by atoms with Crippen LogP contribution in [0.2, 0.25) is 0 Å². The number of carbonyl (C=O) groups excluding carboxylic acids is 1. The van der Waals surface area contributed by atoms with Crippen molar-refractivity contribution in [3.63, 3.8) is 0 Å². The van der Waals surface area contributed by atoms with E-state index in [4.69, 9.17) is 4.74 Å². The zero-order valence-corrected chi connectivity index (χ0v) is 13.8. The van der Waals surface area contributed by atoms with Gasteiger partial charge < -0.3 is 4.74 Å². The lowest BCUT2D eigenvalue weighted by Crippen LogP contribution is -2.17. The van der Waals surface area contributed by atoms with Crippen LogP contribution < -0.4 is 10.2 Å². The Hall–Kier alpha value is -2.93. The minimum Gasteiger partial charge on any atom is -0.494 e. The molecule has 7 heteroatoms. The van der Waals surface area contributed by atoms with Gasteiger partial charge in [-0.05, 0) is 54.3 Å². The summed E-state index contributed by atoms with van der Waals surface area (Å²) in [4.78, 5) is 13.1. The zero-order chi connectivity index (χ0) is 16.8. The molecule has 0 bridgehead atoms. The van der Waals surface area contributed by atoms with E-state index < -0.39 is 0 Å². The normalized spacial score (nSPS) is 10.9. The lowest BCUT2D eigenvalue weighted by molar-refractivity contribution is 0.0950. The first-order chi connectivity index (χ1) is 11.8. The third kappa shape index (κ3) is 3.88. The van der Waals surface area contributed by atoms with Gasteiger partial charge in [0, 0.05) is 0 Å². The van der Waals surface area contributed by atoms with Gasteiger partial charge in [0.1, 0.15) is 5.75 Å². The number of benzene rings is 1. The van der Waals surface area contributed by atoms with Crippen molar-refractivity contribution in [3.8, 4) is 16.3 Å². The highest BCUT2D eigenvalue weighted by molar-refractivity contribution is 7.13. The molecule has 1 aromatic carbocycles. The molecule has 2 heterocycles. The Kier molecular flexibility index (Phi) is 5.02. The average molecular weight is 340 g/mol. The van der Waals surface area contributed by atoms with Crippen LogP contribution in [0.3, 0.4) is 0 Å². The highest BCUT2D eigenvalue weighted by atomic mass is 32.1. The predicted octanol–water partition coefficient (Wildman–Crippen LogP) is 3.30. The van der Waals surface area contributed by atoms with Gasteiger partial charge in [-0.15, -0.1) is 11.3 Å². The summed E-state index contributed by atoms with van der Waals surface area (Å²) in [5.41, 5.74) is 4.43. The van der Waals surface area contributed by atoms with E-state index in [0.717, 1.165) is 21.9 Å². The van der Waals surface area contributed by atoms with Crippen LogP contribution in [0.1, 0.15) is 23.0 Å². The van der Waals surface area contributed by atoms with Crippen LogP contribution in [-0.4, -0.2) is 28.9 Å². The van der Waals surface area contributed by atoms with Gasteiger partial charge in [-0.25, -0.2) is 5.43 Å². The molecule has 2 aromatic heterocycles. The highest BCUT2D eigenvalue weighted by Crippen LogP contribution is 2.22. The number of ether oxygens (including phenoxy) is 1. The standard InChI is InChI=1S/C17H16N4O2S/c1-2-23-13-7-5-12(6-8-13)11-18-21-17(22)15-10-14(19-20-15)16-4-3-9-24-16/h3-11H,2H2,1H3,(H,19,20)(H,21,22). The Bertz CT molecular complexity index is 823. The van der Waals surface area contributed by atoms with Gasteiger partial charge >= 0.3 is 0 Å². The maximum atomic E-state index is 12.0. The van der Waals surface area contributed by atoms with E-state index in [1.807, 2.05) is 48.7 Å². The Balaban J connectivity index is 1.59. The molecule has 3 aromatic rings. The number of hydrogen-bond donors (Lipinski definition) is 2. The third-order valence-electron chi connectivity index (χ3n) is 3.17. The number of rotatable bonds is 6. The molecular weight excluding hydrogens is 324 g/mol. The highest BCUT2D eigenvalue weighted by Gasteiger charge is 2.11. The van der Waals surface area contributed by atoms with Crippen molar-refractivity contribution in [2.45, 2.75) is 6.92 Å². The third-order valence-corrected chi connectivity index (χ3v) is 4.07. The largest absolute Gasteiger partial charge is 0.494 e. The Morgan fingerprint density at radius 2 is 2.21 bits per heavy atom. The summed E-state index contributed by atoms with van der Waals surface area (Å²) in [5.74, 6) is 0.438. The van der Waals surface area contributed by atoms with Gasteiger partial charge in [-0.2, -0.15) is 10.2 Å². The van der Waals surface area contributed by atoms with Crippen LogP contribution in [0.5, 0.6) is 5.75 Å². The molecular formula is C17H16N4O2S. The first-order valence-corrected chi connectivity index (χ1v) is 8.30. The summed E-state index contributed by atoms with van der Waals surface area (Å²) in [5, 5.41) is 12.8. The van der Waals surface area contributed by atoms with Gasteiger partial charge in [-0.3, -0.25) is 9.89 Å². The molecule has 0 radical (unpaired) electrons. The van der Waals surface area contributed by atoms with Crippen molar-refractivity contribution >= 4 is 23.5 Å². The van der Waals surface area contributed by atoms with Crippen molar-refractivity contribution in [2.24, 2.45) is 5.10 Å². The molecule has 3 rings (SSSR count). The molecule has 0 spiro atoms. The lowest BCUT2D eigenvalue weighted by atomic mass is 10.2. The number of aromatic nitrogens is 2. The van der Waals surface area contributed by atoms with Crippen LogP contribution in [0.25, 0.3) is 10.6 Å². The maximum Gasteiger partial charge on any atom is 0.291 e. The van der Waals surface area contributed by atoms with Crippen LogP contribution in [0, 0.1) is 0 Å². The Morgan fingerprint density at radius 3 is 2.92 bits per heavy atom. The van der Waals surface area contributed by atoms with E-state index in [0.29, 0.717) is 12.3 Å². The fourth-order valence-electron chi connectivity index (χ4n) is 2.04. The number of H-pyrrole nitrogens is 1. The summed E-state index contributed by atoms with van der Waals surface area (Å²) in [6.45, 7) is 2.56. The zero-order valence-electron chi connectivity index (χ0n) is 13.0. The number of hydrazone groups is 1. The van der Waals surface area contributed by atoms with Crippen LogP contribution in [-0.2, 0) is 0 Å². The molecule has 0 saturated heterocycles. The van der Waals surface area contributed by atoms with Crippen LogP contribution in [0.4, 0.5) is 0 Å². The summed E-state index contributed by atoms with van der Waals surface area (Å²) in [6, 6.07) is 13.1. The second kappa shape index (κ2) is 7.56. The van der Waals surface area contributed by atoms with Gasteiger partial charge in [0.2, 0.25) is 0 Å². The predicted molar refractivity (Wildman–Crippen MR) is 94.6 cm³/mol. The van der Waals surface area contributed by atoms with E-state index in [9.17, 15) is 4.79 Å². The number of carbonyl (C=O) groups is 1. The number of amides is 1. The number of thiophene rings is 1.